The van der Waals surface area contributed by atoms with Crippen molar-refractivity contribution in [3.8, 4) is 0 Å². The Bertz CT molecular complexity index is 1300. The van der Waals surface area contributed by atoms with Crippen LogP contribution in [-0.4, -0.2) is 50.5 Å². The van der Waals surface area contributed by atoms with E-state index in [9.17, 15) is 18.0 Å². The zero-order chi connectivity index (χ0) is 27.7. The molecule has 202 valence electrons. The summed E-state index contributed by atoms with van der Waals surface area (Å²) in [5.74, 6) is -0.498. The number of sulfonamides is 1. The molecule has 0 spiro atoms. The van der Waals surface area contributed by atoms with Gasteiger partial charge in [0.05, 0.1) is 11.9 Å². The van der Waals surface area contributed by atoms with Gasteiger partial charge in [-0.3, -0.25) is 13.9 Å². The lowest BCUT2D eigenvalue weighted by molar-refractivity contribution is -0.140. The molecule has 3 aromatic carbocycles. The van der Waals surface area contributed by atoms with Gasteiger partial charge < -0.3 is 10.2 Å². The number of hydrogen-bond donors (Lipinski definition) is 1. The van der Waals surface area contributed by atoms with Crippen LogP contribution in [-0.2, 0) is 32.6 Å². The van der Waals surface area contributed by atoms with Gasteiger partial charge in [-0.15, -0.1) is 0 Å². The first-order valence-corrected chi connectivity index (χ1v) is 15.4. The standard InChI is InChI=1S/C29H34IN3O4S/c1-22(2)19-31-29(35)27(18-23-10-6-4-7-11-23)32(20-24-12-8-5-9-13-24)28(34)21-33(38(3,36)37)26-16-14-25(30)15-17-26/h4-17,22,27H,18-21H2,1-3H3,(H,31,35)/t27-/m1/s1. The smallest absolute Gasteiger partial charge is 0.244 e. The molecule has 0 bridgehead atoms. The lowest BCUT2D eigenvalue weighted by Gasteiger charge is -2.33. The number of rotatable bonds is 12. The van der Waals surface area contributed by atoms with Crippen molar-refractivity contribution >= 4 is 50.1 Å². The van der Waals surface area contributed by atoms with E-state index in [2.05, 4.69) is 27.9 Å². The Labute approximate surface area is 239 Å². The zero-order valence-corrected chi connectivity index (χ0v) is 24.9. The van der Waals surface area contributed by atoms with E-state index in [0.29, 0.717) is 18.7 Å². The molecule has 0 fully saturated rings. The molecule has 1 N–H and O–H groups in total. The average molecular weight is 648 g/mol. The number of hydrogen-bond acceptors (Lipinski definition) is 4. The molecule has 0 aliphatic carbocycles. The minimum atomic E-state index is -3.78. The quantitative estimate of drug-likeness (QED) is 0.294. The number of nitrogens with zero attached hydrogens (tertiary/aromatic N) is 2. The molecule has 0 heterocycles. The highest BCUT2D eigenvalue weighted by molar-refractivity contribution is 14.1. The summed E-state index contributed by atoms with van der Waals surface area (Å²) in [5.41, 5.74) is 2.14. The first-order valence-electron chi connectivity index (χ1n) is 12.4. The Hall–Kier alpha value is -2.92. The Morgan fingerprint density at radius 3 is 1.95 bits per heavy atom. The van der Waals surface area contributed by atoms with Gasteiger partial charge in [0.1, 0.15) is 12.6 Å². The number of carbonyl (C=O) groups is 2. The molecule has 0 saturated heterocycles. The fourth-order valence-electron chi connectivity index (χ4n) is 3.98. The molecule has 0 aliphatic heterocycles. The van der Waals surface area contributed by atoms with Crippen molar-refractivity contribution in [2.75, 3.05) is 23.7 Å². The minimum absolute atomic E-state index is 0.163. The van der Waals surface area contributed by atoms with Gasteiger partial charge in [0, 0.05) is 23.1 Å². The molecule has 3 aromatic rings. The zero-order valence-electron chi connectivity index (χ0n) is 21.9. The fourth-order valence-corrected chi connectivity index (χ4v) is 5.19. The number of anilines is 1. The summed E-state index contributed by atoms with van der Waals surface area (Å²) >= 11 is 2.14. The van der Waals surface area contributed by atoms with Gasteiger partial charge in [0.25, 0.3) is 0 Å². The van der Waals surface area contributed by atoms with E-state index in [1.165, 1.54) is 4.90 Å². The second-order valence-electron chi connectivity index (χ2n) is 9.60. The van der Waals surface area contributed by atoms with Crippen molar-refractivity contribution < 1.29 is 18.0 Å². The van der Waals surface area contributed by atoms with Gasteiger partial charge in [-0.25, -0.2) is 8.42 Å². The maximum absolute atomic E-state index is 14.0. The van der Waals surface area contributed by atoms with Gasteiger partial charge in [0.15, 0.2) is 0 Å². The summed E-state index contributed by atoms with van der Waals surface area (Å²) in [6.45, 7) is 4.22. The van der Waals surface area contributed by atoms with Crippen LogP contribution >= 0.6 is 22.6 Å². The molecule has 0 aromatic heterocycles. The maximum Gasteiger partial charge on any atom is 0.244 e. The summed E-state index contributed by atoms with van der Waals surface area (Å²) in [5, 5.41) is 2.98. The van der Waals surface area contributed by atoms with E-state index >= 15 is 0 Å². The highest BCUT2D eigenvalue weighted by atomic mass is 127. The Morgan fingerprint density at radius 1 is 0.868 bits per heavy atom. The van der Waals surface area contributed by atoms with Crippen molar-refractivity contribution in [2.24, 2.45) is 5.92 Å². The molecule has 0 saturated carbocycles. The minimum Gasteiger partial charge on any atom is -0.354 e. The van der Waals surface area contributed by atoms with Crippen molar-refractivity contribution in [1.82, 2.24) is 10.2 Å². The highest BCUT2D eigenvalue weighted by Gasteiger charge is 2.33. The van der Waals surface area contributed by atoms with Crippen LogP contribution in [0.1, 0.15) is 25.0 Å². The van der Waals surface area contributed by atoms with Crippen molar-refractivity contribution in [1.29, 1.82) is 0 Å². The van der Waals surface area contributed by atoms with Crippen molar-refractivity contribution in [3.05, 3.63) is 99.6 Å². The van der Waals surface area contributed by atoms with E-state index in [4.69, 9.17) is 0 Å². The second-order valence-corrected chi connectivity index (χ2v) is 12.8. The summed E-state index contributed by atoms with van der Waals surface area (Å²) < 4.78 is 27.6. The second kappa shape index (κ2) is 13.7. The van der Waals surface area contributed by atoms with Crippen LogP contribution in [0.2, 0.25) is 0 Å². The average Bonchev–Trinajstić information content (AvgIpc) is 2.89. The van der Waals surface area contributed by atoms with Crippen LogP contribution in [0.4, 0.5) is 5.69 Å². The Morgan fingerprint density at radius 2 is 1.42 bits per heavy atom. The van der Waals surface area contributed by atoms with E-state index in [1.54, 1.807) is 24.3 Å². The lowest BCUT2D eigenvalue weighted by atomic mass is 10.0. The van der Waals surface area contributed by atoms with Crippen molar-refractivity contribution in [2.45, 2.75) is 32.9 Å². The Kier molecular flexibility index (Phi) is 10.7. The summed E-state index contributed by atoms with van der Waals surface area (Å²) in [6.07, 6.45) is 1.38. The molecule has 1 atom stereocenters. The molecule has 9 heteroatoms. The summed E-state index contributed by atoms with van der Waals surface area (Å²) in [4.78, 5) is 29.0. The third-order valence-electron chi connectivity index (χ3n) is 5.95. The molecule has 7 nitrogen and oxygen atoms in total. The molecule has 2 amide bonds. The largest absolute Gasteiger partial charge is 0.354 e. The highest BCUT2D eigenvalue weighted by Crippen LogP contribution is 2.21. The van der Waals surface area contributed by atoms with Gasteiger partial charge in [-0.05, 0) is 63.9 Å². The van der Waals surface area contributed by atoms with Gasteiger partial charge in [0.2, 0.25) is 21.8 Å². The number of carbonyl (C=O) groups excluding carboxylic acids is 2. The number of benzene rings is 3. The van der Waals surface area contributed by atoms with Crippen molar-refractivity contribution in [3.63, 3.8) is 0 Å². The van der Waals surface area contributed by atoms with Gasteiger partial charge in [-0.1, -0.05) is 74.5 Å². The molecular formula is C29H34IN3O4S. The topological polar surface area (TPSA) is 86.8 Å². The first-order chi connectivity index (χ1) is 18.0. The van der Waals surface area contributed by atoms with Crippen LogP contribution < -0.4 is 9.62 Å². The predicted molar refractivity (Wildman–Crippen MR) is 160 cm³/mol. The number of amides is 2. The Balaban J connectivity index is 2.01. The predicted octanol–water partition coefficient (Wildman–Crippen LogP) is 4.47. The number of halogens is 1. The van der Waals surface area contributed by atoms with E-state index < -0.39 is 28.5 Å². The molecule has 3 rings (SSSR count). The van der Waals surface area contributed by atoms with Gasteiger partial charge in [-0.2, -0.15) is 0 Å². The van der Waals surface area contributed by atoms with E-state index in [0.717, 1.165) is 25.3 Å². The van der Waals surface area contributed by atoms with Gasteiger partial charge >= 0.3 is 0 Å². The lowest BCUT2D eigenvalue weighted by Crippen LogP contribution is -2.53. The molecule has 0 radical (unpaired) electrons. The molecule has 0 aliphatic rings. The first kappa shape index (κ1) is 29.6. The number of nitrogens with one attached hydrogen (secondary N) is 1. The maximum atomic E-state index is 14.0. The molecule has 38 heavy (non-hydrogen) atoms. The molecular weight excluding hydrogens is 613 g/mol. The van der Waals surface area contributed by atoms with Crippen LogP contribution in [0.25, 0.3) is 0 Å². The SMILES string of the molecule is CC(C)CNC(=O)[C@@H](Cc1ccccc1)N(Cc1ccccc1)C(=O)CN(c1ccc(I)cc1)S(C)(=O)=O. The third kappa shape index (κ3) is 8.83. The summed E-state index contributed by atoms with van der Waals surface area (Å²) in [6, 6.07) is 25.0. The summed E-state index contributed by atoms with van der Waals surface area (Å²) in [7, 11) is -3.78. The fraction of sp³-hybridized carbons (Fsp3) is 0.310. The van der Waals surface area contributed by atoms with Crippen LogP contribution in [0.5, 0.6) is 0 Å². The van der Waals surface area contributed by atoms with E-state index in [1.807, 2.05) is 74.5 Å². The third-order valence-corrected chi connectivity index (χ3v) is 7.80. The van der Waals surface area contributed by atoms with Crippen LogP contribution in [0, 0.1) is 9.49 Å². The normalized spacial score (nSPS) is 12.1. The van der Waals surface area contributed by atoms with E-state index in [-0.39, 0.29) is 18.4 Å². The van der Waals surface area contributed by atoms with Crippen LogP contribution in [0.15, 0.2) is 84.9 Å². The molecule has 0 unspecified atom stereocenters. The monoisotopic (exact) mass is 647 g/mol. The van der Waals surface area contributed by atoms with Crippen LogP contribution in [0.3, 0.4) is 0 Å².